The Labute approximate surface area is 83.1 Å². The maximum absolute atomic E-state index is 13.4. The van der Waals surface area contributed by atoms with Crippen LogP contribution in [0.1, 0.15) is 25.3 Å². The van der Waals surface area contributed by atoms with Crippen LogP contribution < -0.4 is 5.32 Å². The molecule has 0 fully saturated rings. The molecule has 1 aromatic carbocycles. The zero-order valence-corrected chi connectivity index (χ0v) is 8.48. The molecule has 0 spiro atoms. The molecule has 0 aromatic heterocycles. The molecule has 0 unspecified atom stereocenters. The van der Waals surface area contributed by atoms with Crippen molar-refractivity contribution < 1.29 is 8.78 Å². The van der Waals surface area contributed by atoms with Crippen molar-refractivity contribution >= 4 is 5.69 Å². The molecule has 0 aliphatic rings. The van der Waals surface area contributed by atoms with Crippen LogP contribution in [0.25, 0.3) is 0 Å². The van der Waals surface area contributed by atoms with Crippen LogP contribution in [0.15, 0.2) is 24.3 Å². The van der Waals surface area contributed by atoms with Crippen molar-refractivity contribution in [3.8, 4) is 0 Å². The third-order valence-corrected chi connectivity index (χ3v) is 2.14. The Morgan fingerprint density at radius 2 is 2.07 bits per heavy atom. The summed E-state index contributed by atoms with van der Waals surface area (Å²) in [6.45, 7) is 1.76. The van der Waals surface area contributed by atoms with Gasteiger partial charge >= 0.3 is 0 Å². The number of halogens is 2. The van der Waals surface area contributed by atoms with Gasteiger partial charge in [0, 0.05) is 24.7 Å². The van der Waals surface area contributed by atoms with Crippen molar-refractivity contribution in [2.75, 3.05) is 12.4 Å². The molecule has 0 heterocycles. The lowest BCUT2D eigenvalue weighted by Crippen LogP contribution is -2.12. The lowest BCUT2D eigenvalue weighted by Gasteiger charge is -2.16. The van der Waals surface area contributed by atoms with Gasteiger partial charge in [-0.25, -0.2) is 8.78 Å². The first-order valence-corrected chi connectivity index (χ1v) is 4.76. The van der Waals surface area contributed by atoms with Crippen molar-refractivity contribution in [2.24, 2.45) is 0 Å². The average Bonchev–Trinajstić information content (AvgIpc) is 2.18. The Balaban J connectivity index is 2.93. The molecule has 0 aliphatic carbocycles. The van der Waals surface area contributed by atoms with Crippen molar-refractivity contribution in [3.63, 3.8) is 0 Å². The smallest absolute Gasteiger partial charge is 0.273 e. The molecule has 3 heteroatoms. The van der Waals surface area contributed by atoms with Crippen LogP contribution in [0, 0.1) is 0 Å². The second kappa shape index (κ2) is 4.40. The summed E-state index contributed by atoms with van der Waals surface area (Å²) in [5.74, 6) is -2.71. The quantitative estimate of drug-likeness (QED) is 0.780. The van der Waals surface area contributed by atoms with Gasteiger partial charge in [0.15, 0.2) is 0 Å². The zero-order chi connectivity index (χ0) is 10.6. The van der Waals surface area contributed by atoms with Gasteiger partial charge in [0.1, 0.15) is 0 Å². The molecule has 0 atom stereocenters. The van der Waals surface area contributed by atoms with Gasteiger partial charge in [-0.1, -0.05) is 25.5 Å². The Bertz CT molecular complexity index is 297. The number of hydrogen-bond donors (Lipinski definition) is 1. The molecule has 78 valence electrons. The third kappa shape index (κ3) is 2.44. The molecule has 14 heavy (non-hydrogen) atoms. The molecule has 1 nitrogen and oxygen atoms in total. The molecular weight excluding hydrogens is 184 g/mol. The minimum atomic E-state index is -2.71. The summed E-state index contributed by atoms with van der Waals surface area (Å²) in [4.78, 5) is 0. The number of benzene rings is 1. The molecule has 1 N–H and O–H groups in total. The fourth-order valence-corrected chi connectivity index (χ4v) is 1.36. The second-order valence-electron chi connectivity index (χ2n) is 3.29. The topological polar surface area (TPSA) is 12.0 Å². The van der Waals surface area contributed by atoms with Crippen LogP contribution in [0.4, 0.5) is 14.5 Å². The second-order valence-corrected chi connectivity index (χ2v) is 3.29. The summed E-state index contributed by atoms with van der Waals surface area (Å²) in [6.07, 6.45) is 0.386. The molecule has 0 aliphatic heterocycles. The Kier molecular flexibility index (Phi) is 3.44. The summed E-state index contributed by atoms with van der Waals surface area (Å²) in [7, 11) is 1.72. The maximum Gasteiger partial charge on any atom is 0.273 e. The fraction of sp³-hybridized carbons (Fsp3) is 0.455. The number of alkyl halides is 2. The van der Waals surface area contributed by atoms with E-state index in [2.05, 4.69) is 5.32 Å². The highest BCUT2D eigenvalue weighted by atomic mass is 19.3. The van der Waals surface area contributed by atoms with Gasteiger partial charge in [-0.2, -0.15) is 0 Å². The van der Waals surface area contributed by atoms with Crippen LogP contribution in [-0.4, -0.2) is 7.05 Å². The first-order valence-electron chi connectivity index (χ1n) is 4.76. The monoisotopic (exact) mass is 199 g/mol. The van der Waals surface area contributed by atoms with E-state index in [1.54, 1.807) is 26.1 Å². The van der Waals surface area contributed by atoms with E-state index in [-0.39, 0.29) is 12.0 Å². The molecule has 0 bridgehead atoms. The SMILES string of the molecule is CCCC(F)(F)c1cccc(NC)c1. The summed E-state index contributed by atoms with van der Waals surface area (Å²) in [5.41, 5.74) is 0.810. The normalized spacial score (nSPS) is 11.4. The zero-order valence-electron chi connectivity index (χ0n) is 8.48. The van der Waals surface area contributed by atoms with E-state index in [4.69, 9.17) is 0 Å². The minimum absolute atomic E-state index is 0.0891. The highest BCUT2D eigenvalue weighted by molar-refractivity contribution is 5.46. The van der Waals surface area contributed by atoms with Gasteiger partial charge < -0.3 is 5.32 Å². The van der Waals surface area contributed by atoms with Gasteiger partial charge in [-0.15, -0.1) is 0 Å². The first-order chi connectivity index (χ1) is 6.60. The Morgan fingerprint density at radius 3 is 2.64 bits per heavy atom. The molecule has 1 rings (SSSR count). The molecular formula is C11H15F2N. The lowest BCUT2D eigenvalue weighted by atomic mass is 10.0. The number of anilines is 1. The number of rotatable bonds is 4. The van der Waals surface area contributed by atoms with Crippen molar-refractivity contribution in [1.82, 2.24) is 0 Å². The van der Waals surface area contributed by atoms with Gasteiger partial charge in [-0.3, -0.25) is 0 Å². The van der Waals surface area contributed by atoms with E-state index in [1.165, 1.54) is 12.1 Å². The van der Waals surface area contributed by atoms with E-state index in [9.17, 15) is 8.78 Å². The van der Waals surface area contributed by atoms with Crippen molar-refractivity contribution in [3.05, 3.63) is 29.8 Å². The molecule has 1 aromatic rings. The number of nitrogens with one attached hydrogen (secondary N) is 1. The minimum Gasteiger partial charge on any atom is -0.388 e. The Morgan fingerprint density at radius 1 is 1.36 bits per heavy atom. The summed E-state index contributed by atoms with van der Waals surface area (Å²) >= 11 is 0. The maximum atomic E-state index is 13.4. The summed E-state index contributed by atoms with van der Waals surface area (Å²) < 4.78 is 26.9. The third-order valence-electron chi connectivity index (χ3n) is 2.14. The molecule has 0 radical (unpaired) electrons. The highest BCUT2D eigenvalue weighted by Gasteiger charge is 2.29. The predicted molar refractivity (Wildman–Crippen MR) is 54.8 cm³/mol. The van der Waals surface area contributed by atoms with E-state index in [0.717, 1.165) is 5.69 Å². The van der Waals surface area contributed by atoms with Crippen LogP contribution in [0.3, 0.4) is 0 Å². The van der Waals surface area contributed by atoms with Crippen LogP contribution in [0.5, 0.6) is 0 Å². The van der Waals surface area contributed by atoms with Gasteiger partial charge in [0.05, 0.1) is 0 Å². The Hall–Kier alpha value is -1.12. The van der Waals surface area contributed by atoms with Gasteiger partial charge in [-0.05, 0) is 12.1 Å². The van der Waals surface area contributed by atoms with E-state index in [0.29, 0.717) is 6.42 Å². The summed E-state index contributed by atoms with van der Waals surface area (Å²) in [6, 6.07) is 6.38. The van der Waals surface area contributed by atoms with Crippen molar-refractivity contribution in [2.45, 2.75) is 25.7 Å². The van der Waals surface area contributed by atoms with E-state index in [1.807, 2.05) is 0 Å². The van der Waals surface area contributed by atoms with Crippen molar-refractivity contribution in [1.29, 1.82) is 0 Å². The standard InChI is InChI=1S/C11H15F2N/c1-3-7-11(12,13)9-5-4-6-10(8-9)14-2/h4-6,8,14H,3,7H2,1-2H3. The summed E-state index contributed by atoms with van der Waals surface area (Å²) in [5, 5.41) is 2.85. The molecule has 0 saturated carbocycles. The lowest BCUT2D eigenvalue weighted by molar-refractivity contribution is -0.0139. The van der Waals surface area contributed by atoms with Crippen LogP contribution in [-0.2, 0) is 5.92 Å². The molecule has 0 amide bonds. The van der Waals surface area contributed by atoms with Gasteiger partial charge in [0.2, 0.25) is 0 Å². The predicted octanol–water partition coefficient (Wildman–Crippen LogP) is 3.62. The average molecular weight is 199 g/mol. The van der Waals surface area contributed by atoms with E-state index >= 15 is 0 Å². The first kappa shape index (κ1) is 11.0. The van der Waals surface area contributed by atoms with Crippen LogP contribution >= 0.6 is 0 Å². The van der Waals surface area contributed by atoms with Crippen LogP contribution in [0.2, 0.25) is 0 Å². The number of hydrogen-bond acceptors (Lipinski definition) is 1. The van der Waals surface area contributed by atoms with Gasteiger partial charge in [0.25, 0.3) is 5.92 Å². The molecule has 0 saturated heterocycles. The van der Waals surface area contributed by atoms with E-state index < -0.39 is 5.92 Å². The highest BCUT2D eigenvalue weighted by Crippen LogP contribution is 2.33. The fourth-order valence-electron chi connectivity index (χ4n) is 1.36. The largest absolute Gasteiger partial charge is 0.388 e.